The highest BCUT2D eigenvalue weighted by atomic mass is 16.5. The molecule has 94 valence electrons. The smallest absolute Gasteiger partial charge is 0.165 e. The first-order valence-electron chi connectivity index (χ1n) is 5.91. The van der Waals surface area contributed by atoms with Crippen LogP contribution in [0.4, 0.5) is 0 Å². The molecule has 1 saturated heterocycles. The average Bonchev–Trinajstić information content (AvgIpc) is 2.32. The van der Waals surface area contributed by atoms with Crippen molar-refractivity contribution in [2.45, 2.75) is 18.9 Å². The molecule has 0 bridgehead atoms. The second-order valence-corrected chi connectivity index (χ2v) is 4.46. The molecule has 1 heterocycles. The summed E-state index contributed by atoms with van der Waals surface area (Å²) in [7, 11) is 3.72. The number of methoxy groups -OCH3 is 1. The normalized spacial score (nSPS) is 18.0. The summed E-state index contributed by atoms with van der Waals surface area (Å²) in [5.74, 6) is 1.50. The molecule has 1 aliphatic heterocycles. The van der Waals surface area contributed by atoms with E-state index in [0.29, 0.717) is 11.5 Å². The van der Waals surface area contributed by atoms with Crippen LogP contribution in [0.15, 0.2) is 18.2 Å². The van der Waals surface area contributed by atoms with Gasteiger partial charge in [-0.05, 0) is 32.0 Å². The second-order valence-electron chi connectivity index (χ2n) is 4.46. The van der Waals surface area contributed by atoms with Gasteiger partial charge < -0.3 is 19.5 Å². The number of rotatable bonds is 3. The van der Waals surface area contributed by atoms with E-state index in [9.17, 15) is 5.11 Å². The fraction of sp³-hybridized carbons (Fsp3) is 0.538. The molecule has 0 aliphatic carbocycles. The van der Waals surface area contributed by atoms with Gasteiger partial charge >= 0.3 is 0 Å². The molecule has 0 aromatic heterocycles. The number of phenols is 1. The van der Waals surface area contributed by atoms with Crippen molar-refractivity contribution in [3.63, 3.8) is 0 Å². The maximum atomic E-state index is 9.46. The van der Waals surface area contributed by atoms with Gasteiger partial charge in [-0.1, -0.05) is 0 Å². The molecule has 1 N–H and O–H groups in total. The Morgan fingerprint density at radius 1 is 1.24 bits per heavy atom. The summed E-state index contributed by atoms with van der Waals surface area (Å²) in [6, 6.07) is 4.93. The van der Waals surface area contributed by atoms with Gasteiger partial charge in [-0.25, -0.2) is 0 Å². The Hall–Kier alpha value is -1.42. The first kappa shape index (κ1) is 12.0. The van der Waals surface area contributed by atoms with Crippen molar-refractivity contribution < 1.29 is 14.6 Å². The number of hydrogen-bond acceptors (Lipinski definition) is 4. The number of phenolic OH excluding ortho intramolecular Hbond substituents is 1. The third kappa shape index (κ3) is 3.03. The van der Waals surface area contributed by atoms with Crippen LogP contribution in [0.3, 0.4) is 0 Å². The minimum atomic E-state index is 0.203. The molecule has 0 amide bonds. The molecule has 17 heavy (non-hydrogen) atoms. The van der Waals surface area contributed by atoms with Crippen LogP contribution in [0, 0.1) is 0 Å². The van der Waals surface area contributed by atoms with Crippen LogP contribution >= 0.6 is 0 Å². The average molecular weight is 237 g/mol. The Bertz CT molecular complexity index is 373. The van der Waals surface area contributed by atoms with E-state index in [2.05, 4.69) is 11.9 Å². The Kier molecular flexibility index (Phi) is 3.74. The molecule has 1 fully saturated rings. The minimum absolute atomic E-state index is 0.203. The lowest BCUT2D eigenvalue weighted by molar-refractivity contribution is 0.111. The molecule has 4 nitrogen and oxygen atoms in total. The molecular weight excluding hydrogens is 218 g/mol. The van der Waals surface area contributed by atoms with Crippen LogP contribution < -0.4 is 9.47 Å². The zero-order valence-electron chi connectivity index (χ0n) is 10.3. The zero-order chi connectivity index (χ0) is 12.3. The Morgan fingerprint density at radius 3 is 2.59 bits per heavy atom. The van der Waals surface area contributed by atoms with Gasteiger partial charge in [-0.15, -0.1) is 0 Å². The van der Waals surface area contributed by atoms with Crippen molar-refractivity contribution in [3.8, 4) is 17.2 Å². The van der Waals surface area contributed by atoms with Crippen molar-refractivity contribution >= 4 is 0 Å². The molecule has 0 unspecified atom stereocenters. The predicted octanol–water partition coefficient (Wildman–Crippen LogP) is 1.87. The standard InChI is InChI=1S/C13H19NO3/c1-14-7-5-11(6-8-14)17-13-9-10(15)3-4-12(13)16-2/h3-4,9,11,15H,5-8H2,1-2H3. The van der Waals surface area contributed by atoms with Gasteiger partial charge in [0.2, 0.25) is 0 Å². The predicted molar refractivity (Wildman–Crippen MR) is 65.8 cm³/mol. The van der Waals surface area contributed by atoms with Crippen LogP contribution in [0.2, 0.25) is 0 Å². The van der Waals surface area contributed by atoms with Crippen LogP contribution in [0.25, 0.3) is 0 Å². The van der Waals surface area contributed by atoms with Crippen molar-refractivity contribution in [2.75, 3.05) is 27.2 Å². The summed E-state index contributed by atoms with van der Waals surface area (Å²) < 4.78 is 11.1. The first-order chi connectivity index (χ1) is 8.19. The summed E-state index contributed by atoms with van der Waals surface area (Å²) in [6.07, 6.45) is 2.23. The number of likely N-dealkylation sites (tertiary alicyclic amines) is 1. The molecule has 1 aliphatic rings. The largest absolute Gasteiger partial charge is 0.508 e. The number of aromatic hydroxyl groups is 1. The third-order valence-corrected chi connectivity index (χ3v) is 3.11. The van der Waals surface area contributed by atoms with Gasteiger partial charge in [0, 0.05) is 19.2 Å². The topological polar surface area (TPSA) is 41.9 Å². The molecule has 1 aromatic carbocycles. The number of nitrogens with zero attached hydrogens (tertiary/aromatic N) is 1. The van der Waals surface area contributed by atoms with Crippen LogP contribution in [-0.4, -0.2) is 43.4 Å². The maximum absolute atomic E-state index is 9.46. The van der Waals surface area contributed by atoms with Gasteiger partial charge in [0.05, 0.1) is 7.11 Å². The Balaban J connectivity index is 2.04. The molecule has 0 atom stereocenters. The highest BCUT2D eigenvalue weighted by Crippen LogP contribution is 2.32. The highest BCUT2D eigenvalue weighted by molar-refractivity contribution is 5.45. The lowest BCUT2D eigenvalue weighted by atomic mass is 10.1. The zero-order valence-corrected chi connectivity index (χ0v) is 10.3. The van der Waals surface area contributed by atoms with E-state index in [1.165, 1.54) is 0 Å². The molecule has 4 heteroatoms. The summed E-state index contributed by atoms with van der Waals surface area (Å²) in [5.41, 5.74) is 0. The molecule has 2 rings (SSSR count). The van der Waals surface area contributed by atoms with E-state index in [1.807, 2.05) is 0 Å². The van der Waals surface area contributed by atoms with Gasteiger partial charge in [0.15, 0.2) is 11.5 Å². The van der Waals surface area contributed by atoms with E-state index in [1.54, 1.807) is 25.3 Å². The monoisotopic (exact) mass is 237 g/mol. The number of ether oxygens (including phenoxy) is 2. The number of benzene rings is 1. The Labute approximate surface area is 102 Å². The van der Waals surface area contributed by atoms with Gasteiger partial charge in [0.25, 0.3) is 0 Å². The SMILES string of the molecule is COc1ccc(O)cc1OC1CCN(C)CC1. The van der Waals surface area contributed by atoms with Crippen LogP contribution in [0.1, 0.15) is 12.8 Å². The van der Waals surface area contributed by atoms with Crippen molar-refractivity contribution in [1.29, 1.82) is 0 Å². The Morgan fingerprint density at radius 2 is 1.94 bits per heavy atom. The summed E-state index contributed by atoms with van der Waals surface area (Å²) >= 11 is 0. The van der Waals surface area contributed by atoms with Gasteiger partial charge in [-0.2, -0.15) is 0 Å². The summed E-state index contributed by atoms with van der Waals surface area (Å²) in [5, 5.41) is 9.46. The summed E-state index contributed by atoms with van der Waals surface area (Å²) in [4.78, 5) is 2.29. The van der Waals surface area contributed by atoms with Crippen molar-refractivity contribution in [2.24, 2.45) is 0 Å². The maximum Gasteiger partial charge on any atom is 0.165 e. The number of hydrogen-bond donors (Lipinski definition) is 1. The minimum Gasteiger partial charge on any atom is -0.508 e. The lowest BCUT2D eigenvalue weighted by Crippen LogP contribution is -2.35. The lowest BCUT2D eigenvalue weighted by Gasteiger charge is -2.29. The fourth-order valence-electron chi connectivity index (χ4n) is 2.04. The molecule has 0 saturated carbocycles. The van der Waals surface area contributed by atoms with E-state index in [-0.39, 0.29) is 11.9 Å². The molecule has 1 aromatic rings. The second kappa shape index (κ2) is 5.27. The van der Waals surface area contributed by atoms with Crippen molar-refractivity contribution in [3.05, 3.63) is 18.2 Å². The molecular formula is C13H19NO3. The first-order valence-corrected chi connectivity index (χ1v) is 5.91. The third-order valence-electron chi connectivity index (χ3n) is 3.11. The quantitative estimate of drug-likeness (QED) is 0.871. The highest BCUT2D eigenvalue weighted by Gasteiger charge is 2.19. The fourth-order valence-corrected chi connectivity index (χ4v) is 2.04. The van der Waals surface area contributed by atoms with E-state index >= 15 is 0 Å². The van der Waals surface area contributed by atoms with Crippen LogP contribution in [-0.2, 0) is 0 Å². The van der Waals surface area contributed by atoms with E-state index in [4.69, 9.17) is 9.47 Å². The van der Waals surface area contributed by atoms with Gasteiger partial charge in [-0.3, -0.25) is 0 Å². The van der Waals surface area contributed by atoms with Crippen molar-refractivity contribution in [1.82, 2.24) is 4.90 Å². The van der Waals surface area contributed by atoms with Crippen LogP contribution in [0.5, 0.6) is 17.2 Å². The number of piperidine rings is 1. The van der Waals surface area contributed by atoms with Gasteiger partial charge in [0.1, 0.15) is 11.9 Å². The molecule has 0 radical (unpaired) electrons. The van der Waals surface area contributed by atoms with E-state index in [0.717, 1.165) is 25.9 Å². The van der Waals surface area contributed by atoms with E-state index < -0.39 is 0 Å². The molecule has 0 spiro atoms. The summed E-state index contributed by atoms with van der Waals surface area (Å²) in [6.45, 7) is 2.09.